The van der Waals surface area contributed by atoms with E-state index in [0.29, 0.717) is 18.4 Å². The summed E-state index contributed by atoms with van der Waals surface area (Å²) in [5.41, 5.74) is -1.91. The number of carboxylic acids is 1. The summed E-state index contributed by atoms with van der Waals surface area (Å²) in [5.74, 6) is -3.61. The largest absolute Gasteiger partial charge is 0.507 e. The van der Waals surface area contributed by atoms with Crippen LogP contribution in [0.2, 0.25) is 0 Å². The van der Waals surface area contributed by atoms with Crippen LogP contribution in [0.1, 0.15) is 89.1 Å². The van der Waals surface area contributed by atoms with E-state index < -0.39 is 59.9 Å². The maximum absolute atomic E-state index is 13.5. The second-order valence-corrected chi connectivity index (χ2v) is 11.3. The summed E-state index contributed by atoms with van der Waals surface area (Å²) in [6.45, 7) is 4.76. The van der Waals surface area contributed by atoms with Crippen molar-refractivity contribution < 1.29 is 53.8 Å². The highest BCUT2D eigenvalue weighted by molar-refractivity contribution is 6.30. The fraction of sp³-hybridized carbons (Fsp3) is 0.419. The molecule has 0 radical (unpaired) electrons. The molecule has 11 nitrogen and oxygen atoms in total. The molecule has 2 aromatic carbocycles. The van der Waals surface area contributed by atoms with E-state index in [1.54, 1.807) is 13.0 Å². The molecule has 0 aromatic heterocycles. The quantitative estimate of drug-likeness (QED) is 0.323. The van der Waals surface area contributed by atoms with Crippen LogP contribution in [-0.2, 0) is 30.2 Å². The molecule has 1 aliphatic carbocycles. The topological polar surface area (TPSA) is 177 Å². The molecule has 42 heavy (non-hydrogen) atoms. The van der Waals surface area contributed by atoms with Gasteiger partial charge in [0.05, 0.1) is 41.5 Å². The summed E-state index contributed by atoms with van der Waals surface area (Å²) in [6.07, 6.45) is 0.451. The van der Waals surface area contributed by atoms with Crippen LogP contribution >= 0.6 is 0 Å². The molecule has 0 amide bonds. The van der Waals surface area contributed by atoms with Gasteiger partial charge in [-0.3, -0.25) is 19.2 Å². The third kappa shape index (κ3) is 5.48. The minimum Gasteiger partial charge on any atom is -0.507 e. The summed E-state index contributed by atoms with van der Waals surface area (Å²) in [7, 11) is 0. The Morgan fingerprint density at radius 3 is 2.24 bits per heavy atom. The number of phenolic OH excluding ortho intramolecular Hbond substituents is 2. The number of aliphatic carboxylic acids is 1. The number of hydrogen-bond donors (Lipinski definition) is 4. The van der Waals surface area contributed by atoms with E-state index in [-0.39, 0.29) is 51.9 Å². The highest BCUT2D eigenvalue weighted by atomic mass is 16.7. The number of carbonyl (C=O) groups is 4. The van der Waals surface area contributed by atoms with Gasteiger partial charge in [-0.2, -0.15) is 0 Å². The van der Waals surface area contributed by atoms with E-state index in [1.807, 2.05) is 6.92 Å². The highest BCUT2D eigenvalue weighted by Gasteiger charge is 2.39. The first-order valence-electron chi connectivity index (χ1n) is 13.7. The van der Waals surface area contributed by atoms with Gasteiger partial charge in [-0.25, -0.2) is 0 Å². The SMILES string of the molecule is C[C@@H]1O[C@@H](O[C@H]2CC[C@H](c3ccc4c(c3O)C(=O)c3ccc(C[C@@](C)(O)CC(=O)O)c(O)c3C4=O)O[C@@H]2C)C=CC1=O. The smallest absolute Gasteiger partial charge is 0.306 e. The van der Waals surface area contributed by atoms with Gasteiger partial charge in [0.2, 0.25) is 0 Å². The molecular weight excluding hydrogens is 548 g/mol. The van der Waals surface area contributed by atoms with Crippen LogP contribution in [0.15, 0.2) is 36.4 Å². The number of carboxylic acid groups (broad SMARTS) is 1. The van der Waals surface area contributed by atoms with E-state index in [0.717, 1.165) is 0 Å². The summed E-state index contributed by atoms with van der Waals surface area (Å²) in [5, 5.41) is 41.7. The molecule has 2 aliphatic heterocycles. The second-order valence-electron chi connectivity index (χ2n) is 11.3. The van der Waals surface area contributed by atoms with Crippen molar-refractivity contribution in [2.24, 2.45) is 0 Å². The molecule has 5 rings (SSSR count). The van der Waals surface area contributed by atoms with Crippen molar-refractivity contribution in [3.63, 3.8) is 0 Å². The minimum absolute atomic E-state index is 0.0894. The standard InChI is InChI=1S/C31H32O11/c1-14-20(32)8-11-24(41-14)42-21-9-10-22(40-15(21)2)17-6-7-19-26(28(17)36)30(38)18-5-4-16(27(35)25(18)29(19)37)12-31(3,39)13-23(33)34/h4-8,11,14-15,21-22,24,35-36,39H,9-10,12-13H2,1-3H3,(H,33,34)/t14-,15+,21-,22+,24-,31+/m0/s1. The van der Waals surface area contributed by atoms with E-state index in [9.17, 15) is 34.5 Å². The van der Waals surface area contributed by atoms with E-state index in [1.165, 1.54) is 37.3 Å². The molecule has 0 spiro atoms. The Labute approximate surface area is 241 Å². The van der Waals surface area contributed by atoms with Crippen LogP contribution in [0, 0.1) is 0 Å². The van der Waals surface area contributed by atoms with Crippen molar-refractivity contribution in [2.45, 2.75) is 82.8 Å². The number of ether oxygens (including phenoxy) is 3. The van der Waals surface area contributed by atoms with Crippen LogP contribution in [0.25, 0.3) is 0 Å². The van der Waals surface area contributed by atoms with Crippen molar-refractivity contribution in [2.75, 3.05) is 0 Å². The fourth-order valence-corrected chi connectivity index (χ4v) is 5.79. The lowest BCUT2D eigenvalue weighted by Crippen LogP contribution is -2.40. The van der Waals surface area contributed by atoms with E-state index in [4.69, 9.17) is 19.3 Å². The van der Waals surface area contributed by atoms with Crippen LogP contribution in [-0.4, -0.2) is 73.9 Å². The third-order valence-corrected chi connectivity index (χ3v) is 7.95. The van der Waals surface area contributed by atoms with Gasteiger partial charge in [-0.05, 0) is 63.5 Å². The van der Waals surface area contributed by atoms with Crippen LogP contribution in [0.3, 0.4) is 0 Å². The Kier molecular flexibility index (Phi) is 7.80. The van der Waals surface area contributed by atoms with Gasteiger partial charge in [0, 0.05) is 23.1 Å². The summed E-state index contributed by atoms with van der Waals surface area (Å²) in [6, 6.07) is 5.61. The molecule has 6 atom stereocenters. The first-order chi connectivity index (χ1) is 19.8. The number of ketones is 3. The molecule has 0 unspecified atom stereocenters. The molecule has 3 aliphatic rings. The summed E-state index contributed by atoms with van der Waals surface area (Å²) in [4.78, 5) is 49.7. The van der Waals surface area contributed by atoms with Crippen LogP contribution in [0.5, 0.6) is 11.5 Å². The molecule has 1 saturated heterocycles. The zero-order valence-electron chi connectivity index (χ0n) is 23.3. The normalized spacial score (nSPS) is 26.9. The zero-order chi connectivity index (χ0) is 30.5. The van der Waals surface area contributed by atoms with Crippen molar-refractivity contribution in [1.82, 2.24) is 0 Å². The Bertz CT molecular complexity index is 1500. The predicted octanol–water partition coefficient (Wildman–Crippen LogP) is 3.14. The summed E-state index contributed by atoms with van der Waals surface area (Å²) >= 11 is 0. The predicted molar refractivity (Wildman–Crippen MR) is 146 cm³/mol. The Hall–Kier alpha value is -3.90. The number of benzene rings is 2. The number of fused-ring (bicyclic) bond motifs is 2. The van der Waals surface area contributed by atoms with Gasteiger partial charge in [0.1, 0.15) is 17.6 Å². The second kappa shape index (κ2) is 11.1. The molecule has 0 saturated carbocycles. The molecule has 2 heterocycles. The molecule has 0 bridgehead atoms. The lowest BCUT2D eigenvalue weighted by Gasteiger charge is -2.37. The number of aromatic hydroxyl groups is 2. The maximum Gasteiger partial charge on any atom is 0.306 e. The number of carbonyl (C=O) groups excluding carboxylic acids is 3. The monoisotopic (exact) mass is 580 g/mol. The average molecular weight is 581 g/mol. The van der Waals surface area contributed by atoms with Gasteiger partial charge in [-0.15, -0.1) is 0 Å². The van der Waals surface area contributed by atoms with Crippen LogP contribution in [0.4, 0.5) is 0 Å². The van der Waals surface area contributed by atoms with Crippen molar-refractivity contribution in [3.05, 3.63) is 69.8 Å². The first kappa shape index (κ1) is 29.6. The third-order valence-electron chi connectivity index (χ3n) is 7.95. The lowest BCUT2D eigenvalue weighted by molar-refractivity contribution is -0.215. The number of aliphatic hydroxyl groups is 1. The minimum atomic E-state index is -1.71. The zero-order valence-corrected chi connectivity index (χ0v) is 23.3. The highest BCUT2D eigenvalue weighted by Crippen LogP contribution is 2.44. The van der Waals surface area contributed by atoms with Gasteiger partial charge in [0.15, 0.2) is 23.6 Å². The Balaban J connectivity index is 1.37. The summed E-state index contributed by atoms with van der Waals surface area (Å²) < 4.78 is 17.7. The average Bonchev–Trinajstić information content (AvgIpc) is 2.90. The number of phenols is 2. The molecule has 1 fully saturated rings. The molecule has 222 valence electrons. The van der Waals surface area contributed by atoms with Gasteiger partial charge in [-0.1, -0.05) is 12.1 Å². The Morgan fingerprint density at radius 2 is 1.62 bits per heavy atom. The Morgan fingerprint density at radius 1 is 0.976 bits per heavy atom. The molecule has 2 aromatic rings. The van der Waals surface area contributed by atoms with Gasteiger partial charge < -0.3 is 34.6 Å². The number of hydrogen-bond acceptors (Lipinski definition) is 10. The first-order valence-corrected chi connectivity index (χ1v) is 13.7. The fourth-order valence-electron chi connectivity index (χ4n) is 5.79. The molecule has 4 N–H and O–H groups in total. The lowest BCUT2D eigenvalue weighted by atomic mass is 9.79. The maximum atomic E-state index is 13.5. The van der Waals surface area contributed by atoms with Crippen molar-refractivity contribution >= 4 is 23.3 Å². The molecular formula is C31H32O11. The van der Waals surface area contributed by atoms with Crippen molar-refractivity contribution in [1.29, 1.82) is 0 Å². The van der Waals surface area contributed by atoms with E-state index in [2.05, 4.69) is 0 Å². The number of rotatable bonds is 7. The van der Waals surface area contributed by atoms with Gasteiger partial charge in [0.25, 0.3) is 0 Å². The van der Waals surface area contributed by atoms with E-state index >= 15 is 0 Å². The van der Waals surface area contributed by atoms with Gasteiger partial charge >= 0.3 is 5.97 Å². The van der Waals surface area contributed by atoms with Crippen molar-refractivity contribution in [3.8, 4) is 11.5 Å². The molecule has 11 heteroatoms. The van der Waals surface area contributed by atoms with Crippen LogP contribution < -0.4 is 0 Å².